The van der Waals surface area contributed by atoms with Crippen LogP contribution in [0.25, 0.3) is 46.4 Å². The van der Waals surface area contributed by atoms with Crippen LogP contribution in [0.15, 0.2) is 61.2 Å². The van der Waals surface area contributed by atoms with Crippen molar-refractivity contribution in [2.75, 3.05) is 0 Å². The van der Waals surface area contributed by atoms with E-state index in [0.29, 0.717) is 0 Å². The lowest BCUT2D eigenvalue weighted by atomic mass is 10.3. The molecule has 2 aliphatic rings. The number of nitriles is 1. The van der Waals surface area contributed by atoms with Gasteiger partial charge in [-0.1, -0.05) is 6.58 Å². The standard InChI is InChI=1S/C20H14N4.C3H3N/c1-2-14-10-16-5-6-18(23-16)12-20-8-7-19(24-20)11-17-4-3-15(22-17)9-13(1)21-14;1-2-3-4/h1-12,21,24H;2H,1H2. The summed E-state index contributed by atoms with van der Waals surface area (Å²) in [5.74, 6) is 0. The molecule has 0 saturated carbocycles. The van der Waals surface area contributed by atoms with Crippen molar-refractivity contribution in [3.8, 4) is 6.07 Å². The molecule has 5 heteroatoms. The zero-order valence-electron chi connectivity index (χ0n) is 15.1. The maximum absolute atomic E-state index is 7.51. The number of allylic oxidation sites excluding steroid dienone is 1. The molecule has 2 aliphatic heterocycles. The summed E-state index contributed by atoms with van der Waals surface area (Å²) in [4.78, 5) is 16.0. The molecular formula is C23H17N5. The largest absolute Gasteiger partial charge is 0.355 e. The first kappa shape index (κ1) is 17.3. The van der Waals surface area contributed by atoms with E-state index in [9.17, 15) is 0 Å². The smallest absolute Gasteiger partial charge is 0.0905 e. The van der Waals surface area contributed by atoms with Crippen LogP contribution >= 0.6 is 0 Å². The number of hydrogen-bond acceptors (Lipinski definition) is 3. The molecule has 3 aromatic heterocycles. The Hall–Kier alpha value is -4.17. The Morgan fingerprint density at radius 2 is 0.964 bits per heavy atom. The second-order valence-electron chi connectivity index (χ2n) is 6.24. The van der Waals surface area contributed by atoms with Crippen molar-refractivity contribution in [2.24, 2.45) is 0 Å². The number of nitrogens with zero attached hydrogens (tertiary/aromatic N) is 3. The summed E-state index contributed by atoms with van der Waals surface area (Å²) in [6, 6.07) is 18.1. The highest BCUT2D eigenvalue weighted by Gasteiger charge is 2.01. The molecule has 8 bridgehead atoms. The van der Waals surface area contributed by atoms with Crippen LogP contribution in [0.3, 0.4) is 0 Å². The highest BCUT2D eigenvalue weighted by molar-refractivity contribution is 5.77. The van der Waals surface area contributed by atoms with Crippen molar-refractivity contribution in [1.82, 2.24) is 19.9 Å². The molecule has 3 aromatic rings. The lowest BCUT2D eigenvalue weighted by molar-refractivity contribution is 1.31. The molecule has 5 rings (SSSR count). The normalized spacial score (nSPS) is 11.4. The van der Waals surface area contributed by atoms with Gasteiger partial charge in [0, 0.05) is 28.1 Å². The van der Waals surface area contributed by atoms with Gasteiger partial charge in [-0.25, -0.2) is 9.97 Å². The Morgan fingerprint density at radius 1 is 0.679 bits per heavy atom. The molecule has 0 aromatic carbocycles. The fourth-order valence-electron chi connectivity index (χ4n) is 2.94. The van der Waals surface area contributed by atoms with Gasteiger partial charge in [0.15, 0.2) is 0 Å². The number of H-pyrrole nitrogens is 2. The van der Waals surface area contributed by atoms with Gasteiger partial charge in [-0.2, -0.15) is 5.26 Å². The third-order valence-corrected chi connectivity index (χ3v) is 4.13. The highest BCUT2D eigenvalue weighted by atomic mass is 14.8. The van der Waals surface area contributed by atoms with Gasteiger partial charge in [-0.15, -0.1) is 0 Å². The fourth-order valence-corrected chi connectivity index (χ4v) is 2.94. The van der Waals surface area contributed by atoms with Crippen molar-refractivity contribution in [3.63, 3.8) is 0 Å². The average molecular weight is 363 g/mol. The molecule has 0 unspecified atom stereocenters. The van der Waals surface area contributed by atoms with Crippen LogP contribution < -0.4 is 0 Å². The first-order valence-electron chi connectivity index (χ1n) is 8.77. The van der Waals surface area contributed by atoms with Crippen LogP contribution in [0.2, 0.25) is 0 Å². The van der Waals surface area contributed by atoms with Crippen molar-refractivity contribution in [3.05, 3.63) is 84.0 Å². The van der Waals surface area contributed by atoms with Crippen molar-refractivity contribution < 1.29 is 0 Å². The van der Waals surface area contributed by atoms with Gasteiger partial charge in [0.05, 0.1) is 28.8 Å². The quantitative estimate of drug-likeness (QED) is 0.364. The average Bonchev–Trinajstić information content (AvgIpc) is 3.47. The Morgan fingerprint density at radius 3 is 1.21 bits per heavy atom. The SMILES string of the molecule is C1=Cc2cc3ccc(cc4nc(cc5ccc(cc1n2)[nH]5)C=C4)[nH]3.C=CC#N. The van der Waals surface area contributed by atoms with Crippen LogP contribution in [0, 0.1) is 11.3 Å². The Kier molecular flexibility index (Phi) is 4.68. The van der Waals surface area contributed by atoms with E-state index in [0.717, 1.165) is 44.8 Å². The number of nitrogens with one attached hydrogen (secondary N) is 2. The predicted molar refractivity (Wildman–Crippen MR) is 115 cm³/mol. The molecule has 0 fully saturated rings. The Balaban J connectivity index is 0.000000442. The summed E-state index contributed by atoms with van der Waals surface area (Å²) < 4.78 is 0. The summed E-state index contributed by atoms with van der Waals surface area (Å²) in [6.45, 7) is 3.12. The summed E-state index contributed by atoms with van der Waals surface area (Å²) >= 11 is 0. The Bertz CT molecular complexity index is 1120. The van der Waals surface area contributed by atoms with E-state index in [1.165, 1.54) is 6.08 Å². The number of fused-ring (bicyclic) bond motifs is 8. The summed E-state index contributed by atoms with van der Waals surface area (Å²) in [6.07, 6.45) is 9.27. The van der Waals surface area contributed by atoms with E-state index in [2.05, 4.69) is 50.8 Å². The van der Waals surface area contributed by atoms with E-state index in [4.69, 9.17) is 5.26 Å². The van der Waals surface area contributed by atoms with Crippen molar-refractivity contribution in [2.45, 2.75) is 0 Å². The monoisotopic (exact) mass is 363 g/mol. The molecular weight excluding hydrogens is 346 g/mol. The molecule has 0 aliphatic carbocycles. The molecule has 0 saturated heterocycles. The molecule has 0 amide bonds. The van der Waals surface area contributed by atoms with Crippen molar-refractivity contribution in [1.29, 1.82) is 5.26 Å². The second kappa shape index (κ2) is 7.60. The van der Waals surface area contributed by atoms with E-state index in [-0.39, 0.29) is 0 Å². The minimum absolute atomic E-state index is 0.939. The highest BCUT2D eigenvalue weighted by Crippen LogP contribution is 2.16. The minimum atomic E-state index is 0.939. The maximum atomic E-state index is 7.51. The molecule has 0 spiro atoms. The maximum Gasteiger partial charge on any atom is 0.0905 e. The molecule has 5 nitrogen and oxygen atoms in total. The van der Waals surface area contributed by atoms with Gasteiger partial charge in [-0.3, -0.25) is 0 Å². The third kappa shape index (κ3) is 3.97. The molecule has 5 heterocycles. The first-order valence-corrected chi connectivity index (χ1v) is 8.77. The molecule has 0 radical (unpaired) electrons. The lowest BCUT2D eigenvalue weighted by Crippen LogP contribution is -1.75. The van der Waals surface area contributed by atoms with Gasteiger partial charge < -0.3 is 9.97 Å². The van der Waals surface area contributed by atoms with E-state index in [1.807, 2.05) is 48.6 Å². The van der Waals surface area contributed by atoms with Gasteiger partial charge in [-0.05, 0) is 72.8 Å². The van der Waals surface area contributed by atoms with E-state index < -0.39 is 0 Å². The van der Waals surface area contributed by atoms with Gasteiger partial charge in [0.2, 0.25) is 0 Å². The first-order chi connectivity index (χ1) is 13.7. The number of rotatable bonds is 0. The minimum Gasteiger partial charge on any atom is -0.355 e. The summed E-state index contributed by atoms with van der Waals surface area (Å²) in [5.41, 5.74) is 7.86. The third-order valence-electron chi connectivity index (χ3n) is 4.13. The molecule has 0 atom stereocenters. The van der Waals surface area contributed by atoms with E-state index in [1.54, 1.807) is 6.07 Å². The number of aromatic amines is 2. The van der Waals surface area contributed by atoms with E-state index >= 15 is 0 Å². The van der Waals surface area contributed by atoms with Gasteiger partial charge in [0.1, 0.15) is 0 Å². The second-order valence-corrected chi connectivity index (χ2v) is 6.24. The van der Waals surface area contributed by atoms with Crippen LogP contribution in [0.1, 0.15) is 22.8 Å². The summed E-state index contributed by atoms with van der Waals surface area (Å²) in [7, 11) is 0. The molecule has 2 N–H and O–H groups in total. The van der Waals surface area contributed by atoms with Gasteiger partial charge in [0.25, 0.3) is 0 Å². The molecule has 28 heavy (non-hydrogen) atoms. The van der Waals surface area contributed by atoms with Crippen LogP contribution in [-0.4, -0.2) is 19.9 Å². The lowest BCUT2D eigenvalue weighted by Gasteiger charge is -1.85. The van der Waals surface area contributed by atoms with Crippen LogP contribution in [0.5, 0.6) is 0 Å². The van der Waals surface area contributed by atoms with Crippen molar-refractivity contribution >= 4 is 46.4 Å². The number of hydrogen-bond donors (Lipinski definition) is 2. The topological polar surface area (TPSA) is 81.2 Å². The predicted octanol–water partition coefficient (Wildman–Crippen LogP) is 5.35. The zero-order chi connectivity index (χ0) is 19.3. The van der Waals surface area contributed by atoms with Crippen LogP contribution in [0.4, 0.5) is 0 Å². The summed E-state index contributed by atoms with van der Waals surface area (Å²) in [5, 5.41) is 7.51. The Labute approximate surface area is 162 Å². The fraction of sp³-hybridized carbons (Fsp3) is 0. The molecule has 134 valence electrons. The van der Waals surface area contributed by atoms with Gasteiger partial charge >= 0.3 is 0 Å². The zero-order valence-corrected chi connectivity index (χ0v) is 15.1. The number of aromatic nitrogens is 4. The van der Waals surface area contributed by atoms with Crippen LogP contribution in [-0.2, 0) is 0 Å².